The number of nitrogens with zero attached hydrogens (tertiary/aromatic N) is 2. The first-order valence-electron chi connectivity index (χ1n) is 3.91. The molecular formula is C8H14N2S. The molecular weight excluding hydrogens is 156 g/mol. The molecule has 0 spiro atoms. The molecule has 0 unspecified atom stereocenters. The van der Waals surface area contributed by atoms with Gasteiger partial charge in [0.25, 0.3) is 0 Å². The lowest BCUT2D eigenvalue weighted by atomic mass is 10.3. The van der Waals surface area contributed by atoms with Gasteiger partial charge >= 0.3 is 0 Å². The molecule has 62 valence electrons. The van der Waals surface area contributed by atoms with E-state index in [1.165, 1.54) is 0 Å². The highest BCUT2D eigenvalue weighted by Gasteiger charge is 2.09. The third-order valence-electron chi connectivity index (χ3n) is 1.63. The minimum atomic E-state index is 0.547. The highest BCUT2D eigenvalue weighted by atomic mass is 32.1. The second-order valence-corrected chi connectivity index (χ2v) is 3.57. The molecule has 0 fully saturated rings. The van der Waals surface area contributed by atoms with Crippen molar-refractivity contribution >= 4 is 16.5 Å². The van der Waals surface area contributed by atoms with E-state index in [4.69, 9.17) is 0 Å². The first-order chi connectivity index (χ1) is 5.25. The van der Waals surface area contributed by atoms with Crippen LogP contribution in [-0.2, 0) is 0 Å². The number of rotatable bonds is 3. The van der Waals surface area contributed by atoms with Crippen molar-refractivity contribution in [1.82, 2.24) is 4.98 Å². The molecule has 2 nitrogen and oxygen atoms in total. The smallest absolute Gasteiger partial charge is 0.185 e. The van der Waals surface area contributed by atoms with E-state index in [2.05, 4.69) is 30.7 Å². The predicted octanol–water partition coefficient (Wildman–Crippen LogP) is 2.38. The highest BCUT2D eigenvalue weighted by Crippen LogP contribution is 2.18. The van der Waals surface area contributed by atoms with E-state index < -0.39 is 0 Å². The van der Waals surface area contributed by atoms with Crippen molar-refractivity contribution in [2.24, 2.45) is 0 Å². The van der Waals surface area contributed by atoms with Gasteiger partial charge in [-0.1, -0.05) is 0 Å². The van der Waals surface area contributed by atoms with Gasteiger partial charge in [0.15, 0.2) is 5.13 Å². The SMILES string of the molecule is CCN(c1nccs1)C(C)C. The van der Waals surface area contributed by atoms with Gasteiger partial charge < -0.3 is 4.90 Å². The minimum Gasteiger partial charge on any atom is -0.346 e. The van der Waals surface area contributed by atoms with E-state index in [0.717, 1.165) is 11.7 Å². The second kappa shape index (κ2) is 3.72. The van der Waals surface area contributed by atoms with Crippen molar-refractivity contribution in [3.8, 4) is 0 Å². The molecule has 1 aromatic rings. The Labute approximate surface area is 71.9 Å². The fourth-order valence-electron chi connectivity index (χ4n) is 1.08. The molecule has 3 heteroatoms. The Morgan fingerprint density at radius 1 is 1.64 bits per heavy atom. The lowest BCUT2D eigenvalue weighted by Crippen LogP contribution is -2.29. The van der Waals surface area contributed by atoms with Crippen molar-refractivity contribution in [3.05, 3.63) is 11.6 Å². The third-order valence-corrected chi connectivity index (χ3v) is 2.44. The summed E-state index contributed by atoms with van der Waals surface area (Å²) in [4.78, 5) is 6.54. The fraction of sp³-hybridized carbons (Fsp3) is 0.625. The van der Waals surface area contributed by atoms with Crippen LogP contribution in [-0.4, -0.2) is 17.6 Å². The molecule has 1 rings (SSSR count). The van der Waals surface area contributed by atoms with E-state index in [1.807, 2.05) is 11.6 Å². The summed E-state index contributed by atoms with van der Waals surface area (Å²) in [6.07, 6.45) is 1.85. The van der Waals surface area contributed by atoms with Crippen LogP contribution in [0.15, 0.2) is 11.6 Å². The largest absolute Gasteiger partial charge is 0.346 e. The van der Waals surface area contributed by atoms with Gasteiger partial charge in [-0.05, 0) is 20.8 Å². The van der Waals surface area contributed by atoms with Crippen molar-refractivity contribution in [1.29, 1.82) is 0 Å². The first-order valence-corrected chi connectivity index (χ1v) is 4.79. The third kappa shape index (κ3) is 1.93. The van der Waals surface area contributed by atoms with Gasteiger partial charge in [0.2, 0.25) is 0 Å². The number of hydrogen-bond acceptors (Lipinski definition) is 3. The maximum atomic E-state index is 4.25. The van der Waals surface area contributed by atoms with Crippen LogP contribution in [0.25, 0.3) is 0 Å². The maximum absolute atomic E-state index is 4.25. The van der Waals surface area contributed by atoms with Gasteiger partial charge in [0.05, 0.1) is 0 Å². The first kappa shape index (κ1) is 8.53. The average Bonchev–Trinajstić information content (AvgIpc) is 2.40. The summed E-state index contributed by atoms with van der Waals surface area (Å²) in [5.74, 6) is 0. The fourth-order valence-corrected chi connectivity index (χ4v) is 1.92. The Bertz CT molecular complexity index is 194. The van der Waals surface area contributed by atoms with Gasteiger partial charge in [0, 0.05) is 24.2 Å². The van der Waals surface area contributed by atoms with Crippen molar-refractivity contribution in [2.75, 3.05) is 11.4 Å². The Hall–Kier alpha value is -0.570. The summed E-state index contributed by atoms with van der Waals surface area (Å²) < 4.78 is 0. The molecule has 1 heterocycles. The summed E-state index contributed by atoms with van der Waals surface area (Å²) in [7, 11) is 0. The Kier molecular flexibility index (Phi) is 2.88. The van der Waals surface area contributed by atoms with Crippen LogP contribution in [0, 0.1) is 0 Å². The molecule has 0 N–H and O–H groups in total. The Morgan fingerprint density at radius 3 is 2.73 bits per heavy atom. The van der Waals surface area contributed by atoms with E-state index in [9.17, 15) is 0 Å². The molecule has 0 aliphatic carbocycles. The topological polar surface area (TPSA) is 16.1 Å². The molecule has 0 saturated heterocycles. The van der Waals surface area contributed by atoms with Crippen LogP contribution >= 0.6 is 11.3 Å². The van der Waals surface area contributed by atoms with Crippen LogP contribution in [0.5, 0.6) is 0 Å². The van der Waals surface area contributed by atoms with E-state index in [-0.39, 0.29) is 0 Å². The van der Waals surface area contributed by atoms with Gasteiger partial charge in [-0.3, -0.25) is 0 Å². The molecule has 0 bridgehead atoms. The Morgan fingerprint density at radius 2 is 2.36 bits per heavy atom. The Balaban J connectivity index is 2.71. The van der Waals surface area contributed by atoms with E-state index >= 15 is 0 Å². The monoisotopic (exact) mass is 170 g/mol. The zero-order valence-electron chi connectivity index (χ0n) is 7.24. The molecule has 0 atom stereocenters. The summed E-state index contributed by atoms with van der Waals surface area (Å²) in [6, 6.07) is 0.547. The standard InChI is InChI=1S/C8H14N2S/c1-4-10(7(2)3)8-9-5-6-11-8/h5-7H,4H2,1-3H3. The lowest BCUT2D eigenvalue weighted by molar-refractivity contribution is 0.701. The van der Waals surface area contributed by atoms with E-state index in [0.29, 0.717) is 6.04 Å². The molecule has 0 aliphatic heterocycles. The number of aromatic nitrogens is 1. The van der Waals surface area contributed by atoms with Crippen LogP contribution in [0.1, 0.15) is 20.8 Å². The van der Waals surface area contributed by atoms with Gasteiger partial charge in [-0.25, -0.2) is 4.98 Å². The van der Waals surface area contributed by atoms with Gasteiger partial charge in [0.1, 0.15) is 0 Å². The summed E-state index contributed by atoms with van der Waals surface area (Å²) in [5, 5.41) is 3.14. The number of thiazole rings is 1. The second-order valence-electron chi connectivity index (χ2n) is 2.69. The van der Waals surface area contributed by atoms with Crippen LogP contribution in [0.2, 0.25) is 0 Å². The van der Waals surface area contributed by atoms with Crippen molar-refractivity contribution in [2.45, 2.75) is 26.8 Å². The molecule has 0 aliphatic rings. The summed E-state index contributed by atoms with van der Waals surface area (Å²) in [5.41, 5.74) is 0. The quantitative estimate of drug-likeness (QED) is 0.692. The van der Waals surface area contributed by atoms with Crippen LogP contribution in [0.4, 0.5) is 5.13 Å². The highest BCUT2D eigenvalue weighted by molar-refractivity contribution is 7.13. The van der Waals surface area contributed by atoms with E-state index in [1.54, 1.807) is 11.3 Å². The van der Waals surface area contributed by atoms with Crippen LogP contribution < -0.4 is 4.90 Å². The number of hydrogen-bond donors (Lipinski definition) is 0. The molecule has 0 aromatic carbocycles. The van der Waals surface area contributed by atoms with Crippen molar-refractivity contribution < 1.29 is 0 Å². The molecule has 1 aromatic heterocycles. The van der Waals surface area contributed by atoms with Crippen LogP contribution in [0.3, 0.4) is 0 Å². The molecule has 11 heavy (non-hydrogen) atoms. The summed E-state index contributed by atoms with van der Waals surface area (Å²) >= 11 is 1.70. The van der Waals surface area contributed by atoms with Gasteiger partial charge in [-0.15, -0.1) is 11.3 Å². The van der Waals surface area contributed by atoms with Crippen molar-refractivity contribution in [3.63, 3.8) is 0 Å². The average molecular weight is 170 g/mol. The zero-order valence-corrected chi connectivity index (χ0v) is 8.06. The predicted molar refractivity (Wildman–Crippen MR) is 50.3 cm³/mol. The van der Waals surface area contributed by atoms with Gasteiger partial charge in [-0.2, -0.15) is 0 Å². The lowest BCUT2D eigenvalue weighted by Gasteiger charge is -2.23. The molecule has 0 amide bonds. The minimum absolute atomic E-state index is 0.547. The molecule has 0 saturated carbocycles. The summed E-state index contributed by atoms with van der Waals surface area (Å²) in [6.45, 7) is 7.56. The molecule has 0 radical (unpaired) electrons. The maximum Gasteiger partial charge on any atom is 0.185 e. The number of anilines is 1. The zero-order chi connectivity index (χ0) is 8.27. The normalized spacial score (nSPS) is 10.5.